The van der Waals surface area contributed by atoms with Crippen molar-refractivity contribution >= 4 is 35.1 Å². The van der Waals surface area contributed by atoms with Crippen molar-refractivity contribution in [3.05, 3.63) is 54.5 Å². The number of aromatic nitrogens is 2. The SMILES string of the molecule is C=CC(=O)N1CC(CCN2CC=Cc3cnc(Nc4ccc(N5CCN(C)CC5)cc4F)nc32)C1. The van der Waals surface area contributed by atoms with E-state index in [1.807, 2.05) is 17.0 Å². The highest BCUT2D eigenvalue weighted by atomic mass is 19.1. The Labute approximate surface area is 205 Å². The molecule has 9 heteroatoms. The zero-order chi connectivity index (χ0) is 24.4. The molecule has 8 nitrogen and oxygen atoms in total. The number of nitrogens with one attached hydrogen (secondary N) is 1. The zero-order valence-corrected chi connectivity index (χ0v) is 20.2. The minimum Gasteiger partial charge on any atom is -0.369 e. The van der Waals surface area contributed by atoms with Gasteiger partial charge in [-0.2, -0.15) is 4.98 Å². The van der Waals surface area contributed by atoms with Crippen molar-refractivity contribution in [1.82, 2.24) is 19.8 Å². The summed E-state index contributed by atoms with van der Waals surface area (Å²) in [5.41, 5.74) is 2.21. The predicted molar refractivity (Wildman–Crippen MR) is 138 cm³/mol. The molecule has 0 unspecified atom stereocenters. The van der Waals surface area contributed by atoms with Gasteiger partial charge < -0.3 is 24.9 Å². The third-order valence-electron chi connectivity index (χ3n) is 7.04. The summed E-state index contributed by atoms with van der Waals surface area (Å²) in [6.45, 7) is 10.4. The third-order valence-corrected chi connectivity index (χ3v) is 7.04. The zero-order valence-electron chi connectivity index (χ0n) is 20.2. The molecule has 0 atom stereocenters. The van der Waals surface area contributed by atoms with Crippen LogP contribution in [-0.2, 0) is 4.79 Å². The van der Waals surface area contributed by atoms with Gasteiger partial charge in [0.05, 0.1) is 5.69 Å². The van der Waals surface area contributed by atoms with Crippen molar-refractivity contribution in [1.29, 1.82) is 0 Å². The molecule has 2 fully saturated rings. The Bertz CT molecular complexity index is 1120. The Balaban J connectivity index is 1.23. The molecule has 1 amide bonds. The number of hydrogen-bond acceptors (Lipinski definition) is 7. The molecule has 3 aliphatic rings. The summed E-state index contributed by atoms with van der Waals surface area (Å²) in [6.07, 6.45) is 8.25. The van der Waals surface area contributed by atoms with Crippen LogP contribution in [0.3, 0.4) is 0 Å². The van der Waals surface area contributed by atoms with Crippen LogP contribution in [0.5, 0.6) is 0 Å². The van der Waals surface area contributed by atoms with Crippen molar-refractivity contribution in [3.63, 3.8) is 0 Å². The molecular weight excluding hydrogens is 445 g/mol. The monoisotopic (exact) mass is 477 g/mol. The van der Waals surface area contributed by atoms with Crippen LogP contribution in [-0.4, -0.2) is 85.1 Å². The molecule has 0 aliphatic carbocycles. The lowest BCUT2D eigenvalue weighted by molar-refractivity contribution is -0.132. The quantitative estimate of drug-likeness (QED) is 0.615. The first kappa shape index (κ1) is 23.3. The van der Waals surface area contributed by atoms with Gasteiger partial charge in [0.25, 0.3) is 0 Å². The Morgan fingerprint density at radius 2 is 2.06 bits per heavy atom. The molecule has 1 aromatic heterocycles. The second-order valence-corrected chi connectivity index (χ2v) is 9.50. The molecule has 0 spiro atoms. The molecule has 0 bridgehead atoms. The molecule has 1 N–H and O–H groups in total. The molecule has 1 aromatic carbocycles. The molecule has 0 saturated carbocycles. The van der Waals surface area contributed by atoms with Gasteiger partial charge in [-0.05, 0) is 43.7 Å². The molecule has 5 rings (SSSR count). The van der Waals surface area contributed by atoms with E-state index in [-0.39, 0.29) is 11.7 Å². The maximum Gasteiger partial charge on any atom is 0.245 e. The number of hydrogen-bond donors (Lipinski definition) is 1. The minimum atomic E-state index is -0.317. The number of halogens is 1. The van der Waals surface area contributed by atoms with Crippen LogP contribution in [0.25, 0.3) is 6.08 Å². The van der Waals surface area contributed by atoms with Crippen LogP contribution >= 0.6 is 0 Å². The lowest BCUT2D eigenvalue weighted by atomic mass is 9.95. The number of fused-ring (bicyclic) bond motifs is 1. The number of likely N-dealkylation sites (N-methyl/N-ethyl adjacent to an activating group) is 1. The normalized spacial score (nSPS) is 18.3. The van der Waals surface area contributed by atoms with Gasteiger partial charge in [0.1, 0.15) is 11.6 Å². The average molecular weight is 478 g/mol. The molecule has 2 aromatic rings. The number of nitrogens with zero attached hydrogens (tertiary/aromatic N) is 6. The average Bonchev–Trinajstić information content (AvgIpc) is 2.84. The molecule has 184 valence electrons. The standard InChI is InChI=1S/C26H32FN7O/c1-3-24(35)34-17-19(18-34)8-10-33-9-4-5-20-16-28-26(30-25(20)33)29-23-7-6-21(15-22(23)27)32-13-11-31(2)12-14-32/h3-7,15-16,19H,1,8-14,17-18H2,2H3,(H,28,29,30). The molecule has 3 aliphatic heterocycles. The lowest BCUT2D eigenvalue weighted by Crippen LogP contribution is -2.50. The van der Waals surface area contributed by atoms with Crippen LogP contribution in [0, 0.1) is 11.7 Å². The number of carbonyl (C=O) groups excluding carboxylic acids is 1. The highest BCUT2D eigenvalue weighted by Gasteiger charge is 2.29. The van der Waals surface area contributed by atoms with Crippen molar-refractivity contribution in [3.8, 4) is 0 Å². The number of piperazine rings is 1. The second-order valence-electron chi connectivity index (χ2n) is 9.50. The summed E-state index contributed by atoms with van der Waals surface area (Å²) in [5.74, 6) is 1.39. The van der Waals surface area contributed by atoms with E-state index in [1.54, 1.807) is 18.3 Å². The van der Waals surface area contributed by atoms with Gasteiger partial charge in [0.15, 0.2) is 0 Å². The van der Waals surface area contributed by atoms with E-state index < -0.39 is 0 Å². The van der Waals surface area contributed by atoms with Gasteiger partial charge in [-0.15, -0.1) is 0 Å². The summed E-state index contributed by atoms with van der Waals surface area (Å²) in [7, 11) is 2.10. The molecule has 35 heavy (non-hydrogen) atoms. The second kappa shape index (κ2) is 10.0. The van der Waals surface area contributed by atoms with Crippen molar-refractivity contribution < 1.29 is 9.18 Å². The third kappa shape index (κ3) is 5.14. The van der Waals surface area contributed by atoms with Gasteiger partial charge >= 0.3 is 0 Å². The van der Waals surface area contributed by atoms with Gasteiger partial charge in [-0.25, -0.2) is 9.37 Å². The van der Waals surface area contributed by atoms with E-state index in [1.165, 1.54) is 6.08 Å². The van der Waals surface area contributed by atoms with Crippen LogP contribution in [0.15, 0.2) is 43.1 Å². The fourth-order valence-electron chi connectivity index (χ4n) is 4.79. The van der Waals surface area contributed by atoms with Crippen LogP contribution in [0.4, 0.5) is 27.5 Å². The summed E-state index contributed by atoms with van der Waals surface area (Å²) >= 11 is 0. The summed E-state index contributed by atoms with van der Waals surface area (Å²) in [6, 6.07) is 5.29. The van der Waals surface area contributed by atoms with Crippen molar-refractivity contribution in [2.24, 2.45) is 5.92 Å². The first-order valence-corrected chi connectivity index (χ1v) is 12.2. The highest BCUT2D eigenvalue weighted by molar-refractivity contribution is 5.87. The van der Waals surface area contributed by atoms with Crippen molar-refractivity contribution in [2.75, 3.05) is 74.5 Å². The Hall–Kier alpha value is -3.46. The summed E-state index contributed by atoms with van der Waals surface area (Å²) in [4.78, 5) is 29.3. The van der Waals surface area contributed by atoms with E-state index in [4.69, 9.17) is 4.98 Å². The Morgan fingerprint density at radius 1 is 1.26 bits per heavy atom. The number of likely N-dealkylation sites (tertiary alicyclic amines) is 1. The molecule has 2 saturated heterocycles. The predicted octanol–water partition coefficient (Wildman–Crippen LogP) is 2.98. The van der Waals surface area contributed by atoms with E-state index in [2.05, 4.69) is 44.7 Å². The van der Waals surface area contributed by atoms with Crippen molar-refractivity contribution in [2.45, 2.75) is 6.42 Å². The fourth-order valence-corrected chi connectivity index (χ4v) is 4.79. The smallest absolute Gasteiger partial charge is 0.245 e. The van der Waals surface area contributed by atoms with Gasteiger partial charge in [-0.3, -0.25) is 4.79 Å². The minimum absolute atomic E-state index is 0.000226. The van der Waals surface area contributed by atoms with E-state index in [0.29, 0.717) is 17.6 Å². The van der Waals surface area contributed by atoms with Gasteiger partial charge in [0.2, 0.25) is 11.9 Å². The number of amides is 1. The van der Waals surface area contributed by atoms with Gasteiger partial charge in [-0.1, -0.05) is 18.7 Å². The largest absolute Gasteiger partial charge is 0.369 e. The summed E-state index contributed by atoms with van der Waals surface area (Å²) in [5, 5.41) is 3.06. The first-order valence-electron chi connectivity index (χ1n) is 12.2. The first-order chi connectivity index (χ1) is 17.0. The topological polar surface area (TPSA) is 67.8 Å². The highest BCUT2D eigenvalue weighted by Crippen LogP contribution is 2.29. The van der Waals surface area contributed by atoms with Gasteiger partial charge in [0, 0.05) is 69.8 Å². The molecular formula is C26H32FN7O. The van der Waals surface area contributed by atoms with Crippen LogP contribution in [0.1, 0.15) is 12.0 Å². The maximum atomic E-state index is 14.9. The van der Waals surface area contributed by atoms with Crippen LogP contribution in [0.2, 0.25) is 0 Å². The van der Waals surface area contributed by atoms with Crippen LogP contribution < -0.4 is 15.1 Å². The maximum absolute atomic E-state index is 14.9. The number of anilines is 4. The molecule has 4 heterocycles. The summed E-state index contributed by atoms with van der Waals surface area (Å²) < 4.78 is 14.9. The number of benzene rings is 1. The number of carbonyl (C=O) groups is 1. The van der Waals surface area contributed by atoms with E-state index in [9.17, 15) is 9.18 Å². The Kier molecular flexibility index (Phi) is 6.68. The number of rotatable bonds is 7. The van der Waals surface area contributed by atoms with E-state index in [0.717, 1.165) is 75.8 Å². The van der Waals surface area contributed by atoms with E-state index >= 15 is 0 Å². The fraction of sp³-hybridized carbons (Fsp3) is 0.423. The lowest BCUT2D eigenvalue weighted by Gasteiger charge is -2.40. The Morgan fingerprint density at radius 3 is 2.80 bits per heavy atom. The molecule has 0 radical (unpaired) electrons.